The third kappa shape index (κ3) is 0.842. The van der Waals surface area contributed by atoms with Crippen molar-refractivity contribution in [1.29, 1.82) is 0 Å². The second-order valence-electron chi connectivity index (χ2n) is 4.74. The van der Waals surface area contributed by atoms with Crippen LogP contribution in [0.25, 0.3) is 0 Å². The van der Waals surface area contributed by atoms with Gasteiger partial charge in [-0.3, -0.25) is 0 Å². The number of hydrogen-bond donors (Lipinski definition) is 0. The predicted octanol–water partition coefficient (Wildman–Crippen LogP) is 2.50. The first-order chi connectivity index (χ1) is 6.83. The van der Waals surface area contributed by atoms with E-state index in [9.17, 15) is 0 Å². The lowest BCUT2D eigenvalue weighted by molar-refractivity contribution is -0.324. The Labute approximate surface area is 85.3 Å². The summed E-state index contributed by atoms with van der Waals surface area (Å²) >= 11 is 0. The SMILES string of the molecule is CCC12CCC=CC1CC21OCCO1. The van der Waals surface area contributed by atoms with Crippen LogP contribution < -0.4 is 0 Å². The number of rotatable bonds is 1. The summed E-state index contributed by atoms with van der Waals surface area (Å²) in [5.41, 5.74) is 0.304. The molecule has 0 bridgehead atoms. The smallest absolute Gasteiger partial charge is 0.175 e. The van der Waals surface area contributed by atoms with Gasteiger partial charge in [-0.05, 0) is 25.2 Å². The highest BCUT2D eigenvalue weighted by atomic mass is 16.7. The molecule has 0 amide bonds. The summed E-state index contributed by atoms with van der Waals surface area (Å²) in [5, 5.41) is 0. The van der Waals surface area contributed by atoms with Crippen LogP contribution in [0.5, 0.6) is 0 Å². The topological polar surface area (TPSA) is 18.5 Å². The van der Waals surface area contributed by atoms with Crippen molar-refractivity contribution in [1.82, 2.24) is 0 Å². The van der Waals surface area contributed by atoms with Crippen LogP contribution >= 0.6 is 0 Å². The lowest BCUT2D eigenvalue weighted by Gasteiger charge is -2.61. The van der Waals surface area contributed by atoms with E-state index >= 15 is 0 Å². The molecule has 0 aromatic rings. The Morgan fingerprint density at radius 3 is 2.79 bits per heavy atom. The molecule has 2 heteroatoms. The average molecular weight is 194 g/mol. The Hall–Kier alpha value is -0.340. The predicted molar refractivity (Wildman–Crippen MR) is 53.8 cm³/mol. The minimum Gasteiger partial charge on any atom is -0.347 e. The Bertz CT molecular complexity index is 265. The molecule has 0 aromatic carbocycles. The van der Waals surface area contributed by atoms with Crippen LogP contribution in [-0.2, 0) is 9.47 Å². The number of fused-ring (bicyclic) bond motifs is 2. The third-order valence-corrected chi connectivity index (χ3v) is 4.47. The van der Waals surface area contributed by atoms with Crippen LogP contribution in [0.15, 0.2) is 12.2 Å². The van der Waals surface area contributed by atoms with E-state index in [1.54, 1.807) is 0 Å². The highest BCUT2D eigenvalue weighted by Gasteiger charge is 2.67. The van der Waals surface area contributed by atoms with E-state index in [0.717, 1.165) is 19.6 Å². The summed E-state index contributed by atoms with van der Waals surface area (Å²) in [4.78, 5) is 0. The largest absolute Gasteiger partial charge is 0.347 e. The van der Waals surface area contributed by atoms with Gasteiger partial charge in [0.05, 0.1) is 13.2 Å². The van der Waals surface area contributed by atoms with Gasteiger partial charge < -0.3 is 9.47 Å². The Morgan fingerprint density at radius 1 is 1.36 bits per heavy atom. The number of allylic oxidation sites excluding steroid dienone is 2. The first-order valence-electron chi connectivity index (χ1n) is 5.78. The fraction of sp³-hybridized carbons (Fsp3) is 0.833. The Morgan fingerprint density at radius 2 is 2.14 bits per heavy atom. The van der Waals surface area contributed by atoms with Gasteiger partial charge >= 0.3 is 0 Å². The standard InChI is InChI=1S/C12H18O2/c1-2-11-6-4-3-5-10(11)9-12(11)13-7-8-14-12/h3,5,10H,2,4,6-9H2,1H3. The van der Waals surface area contributed by atoms with Gasteiger partial charge in [0.2, 0.25) is 0 Å². The molecule has 2 nitrogen and oxygen atoms in total. The molecule has 14 heavy (non-hydrogen) atoms. The molecule has 3 aliphatic rings. The summed E-state index contributed by atoms with van der Waals surface area (Å²) < 4.78 is 11.8. The van der Waals surface area contributed by atoms with Gasteiger partial charge in [-0.2, -0.15) is 0 Å². The minimum absolute atomic E-state index is 0.197. The maximum Gasteiger partial charge on any atom is 0.175 e. The Balaban J connectivity index is 1.93. The van der Waals surface area contributed by atoms with Gasteiger partial charge in [-0.15, -0.1) is 0 Å². The van der Waals surface area contributed by atoms with Crippen molar-refractivity contribution in [3.8, 4) is 0 Å². The van der Waals surface area contributed by atoms with Crippen LogP contribution in [0.2, 0.25) is 0 Å². The molecule has 2 unspecified atom stereocenters. The van der Waals surface area contributed by atoms with Crippen LogP contribution in [0.3, 0.4) is 0 Å². The lowest BCUT2D eigenvalue weighted by Crippen LogP contribution is -2.64. The first-order valence-corrected chi connectivity index (χ1v) is 5.78. The van der Waals surface area contributed by atoms with Crippen molar-refractivity contribution >= 4 is 0 Å². The maximum atomic E-state index is 5.88. The summed E-state index contributed by atoms with van der Waals surface area (Å²) in [7, 11) is 0. The van der Waals surface area contributed by atoms with E-state index in [1.165, 1.54) is 19.3 Å². The van der Waals surface area contributed by atoms with E-state index in [4.69, 9.17) is 9.47 Å². The molecule has 1 saturated carbocycles. The molecule has 78 valence electrons. The third-order valence-electron chi connectivity index (χ3n) is 4.47. The minimum atomic E-state index is -0.197. The van der Waals surface area contributed by atoms with E-state index in [2.05, 4.69) is 19.1 Å². The average Bonchev–Trinajstić information content (AvgIpc) is 2.68. The van der Waals surface area contributed by atoms with Gasteiger partial charge in [0, 0.05) is 11.8 Å². The van der Waals surface area contributed by atoms with Crippen LogP contribution in [-0.4, -0.2) is 19.0 Å². The molecule has 0 aromatic heterocycles. The monoisotopic (exact) mass is 194 g/mol. The number of ether oxygens (including phenoxy) is 2. The van der Waals surface area contributed by atoms with Gasteiger partial charge in [0.15, 0.2) is 5.79 Å². The van der Waals surface area contributed by atoms with Crippen molar-refractivity contribution in [2.75, 3.05) is 13.2 Å². The second kappa shape index (κ2) is 2.83. The first kappa shape index (κ1) is 8.93. The molecular weight excluding hydrogens is 176 g/mol. The summed E-state index contributed by atoms with van der Waals surface area (Å²) in [6.45, 7) is 3.86. The Kier molecular flexibility index (Phi) is 1.80. The number of hydrogen-bond acceptors (Lipinski definition) is 2. The highest BCUT2D eigenvalue weighted by Crippen LogP contribution is 2.64. The van der Waals surface area contributed by atoms with Crippen LogP contribution in [0.4, 0.5) is 0 Å². The van der Waals surface area contributed by atoms with Crippen LogP contribution in [0, 0.1) is 11.3 Å². The van der Waals surface area contributed by atoms with Crippen molar-refractivity contribution < 1.29 is 9.47 Å². The molecule has 1 saturated heterocycles. The van der Waals surface area contributed by atoms with E-state index in [-0.39, 0.29) is 5.79 Å². The molecule has 3 rings (SSSR count). The summed E-state index contributed by atoms with van der Waals surface area (Å²) in [6, 6.07) is 0. The molecular formula is C12H18O2. The van der Waals surface area contributed by atoms with Crippen molar-refractivity contribution in [2.24, 2.45) is 11.3 Å². The maximum absolute atomic E-state index is 5.88. The van der Waals surface area contributed by atoms with Gasteiger partial charge in [0.25, 0.3) is 0 Å². The molecule has 1 aliphatic heterocycles. The van der Waals surface area contributed by atoms with E-state index < -0.39 is 0 Å². The molecule has 2 atom stereocenters. The summed E-state index contributed by atoms with van der Waals surface area (Å²) in [6.07, 6.45) is 9.40. The zero-order valence-corrected chi connectivity index (χ0v) is 8.79. The fourth-order valence-corrected chi connectivity index (χ4v) is 3.64. The molecule has 0 radical (unpaired) electrons. The molecule has 2 fully saturated rings. The molecule has 2 aliphatic carbocycles. The van der Waals surface area contributed by atoms with Crippen molar-refractivity contribution in [3.05, 3.63) is 12.2 Å². The van der Waals surface area contributed by atoms with E-state index in [0.29, 0.717) is 11.3 Å². The normalized spacial score (nSPS) is 43.6. The van der Waals surface area contributed by atoms with Crippen LogP contribution in [0.1, 0.15) is 32.6 Å². The highest BCUT2D eigenvalue weighted by molar-refractivity contribution is 5.19. The van der Waals surface area contributed by atoms with Gasteiger partial charge in [-0.25, -0.2) is 0 Å². The quantitative estimate of drug-likeness (QED) is 0.597. The molecule has 1 heterocycles. The fourth-order valence-electron chi connectivity index (χ4n) is 3.64. The molecule has 0 N–H and O–H groups in total. The zero-order chi connectivity index (χ0) is 9.65. The van der Waals surface area contributed by atoms with Crippen molar-refractivity contribution in [2.45, 2.75) is 38.4 Å². The second-order valence-corrected chi connectivity index (χ2v) is 4.74. The van der Waals surface area contributed by atoms with Crippen molar-refractivity contribution in [3.63, 3.8) is 0 Å². The lowest BCUT2D eigenvalue weighted by atomic mass is 9.50. The summed E-state index contributed by atoms with van der Waals surface area (Å²) in [5.74, 6) is 0.510. The van der Waals surface area contributed by atoms with Gasteiger partial charge in [-0.1, -0.05) is 19.1 Å². The van der Waals surface area contributed by atoms with Gasteiger partial charge in [0.1, 0.15) is 0 Å². The molecule has 1 spiro atoms. The zero-order valence-electron chi connectivity index (χ0n) is 8.79. The van der Waals surface area contributed by atoms with E-state index in [1.807, 2.05) is 0 Å².